The van der Waals surface area contributed by atoms with Crippen molar-refractivity contribution in [1.82, 2.24) is 15.0 Å². The monoisotopic (exact) mass is 260 g/mol. The second-order valence-electron chi connectivity index (χ2n) is 4.09. The lowest BCUT2D eigenvalue weighted by molar-refractivity contribution is 0.745. The van der Waals surface area contributed by atoms with Gasteiger partial charge in [-0.15, -0.1) is 5.10 Å². The number of rotatable bonds is 3. The molecule has 0 saturated heterocycles. The molecule has 0 fully saturated rings. The third-order valence-corrected chi connectivity index (χ3v) is 3.16. The quantitative estimate of drug-likeness (QED) is 0.852. The van der Waals surface area contributed by atoms with Gasteiger partial charge in [-0.25, -0.2) is 4.68 Å². The van der Waals surface area contributed by atoms with Crippen LogP contribution in [0.4, 0.5) is 0 Å². The Kier molecular flexibility index (Phi) is 3.63. The predicted molar refractivity (Wildman–Crippen MR) is 69.8 cm³/mol. The number of hydrogen-bond donors (Lipinski definition) is 0. The van der Waals surface area contributed by atoms with Crippen molar-refractivity contribution in [3.05, 3.63) is 40.2 Å². The number of aryl methyl sites for hydroxylation is 1. The van der Waals surface area contributed by atoms with Gasteiger partial charge in [0.1, 0.15) is 6.07 Å². The molecule has 1 aromatic carbocycles. The van der Waals surface area contributed by atoms with Crippen molar-refractivity contribution in [1.29, 1.82) is 5.26 Å². The number of nitrogens with zero attached hydrogens (tertiary/aromatic N) is 4. The Bertz CT molecular complexity index is 610. The average molecular weight is 261 g/mol. The summed E-state index contributed by atoms with van der Waals surface area (Å²) in [4.78, 5) is 0. The summed E-state index contributed by atoms with van der Waals surface area (Å²) in [5, 5.41) is 17.6. The van der Waals surface area contributed by atoms with E-state index in [4.69, 9.17) is 16.9 Å². The van der Waals surface area contributed by atoms with Gasteiger partial charge in [0, 0.05) is 5.02 Å². The highest BCUT2D eigenvalue weighted by molar-refractivity contribution is 6.31. The minimum atomic E-state index is 0.383. The lowest BCUT2D eigenvalue weighted by Crippen LogP contribution is -2.03. The fourth-order valence-electron chi connectivity index (χ4n) is 1.77. The second kappa shape index (κ2) is 5.19. The van der Waals surface area contributed by atoms with E-state index in [1.807, 2.05) is 25.1 Å². The van der Waals surface area contributed by atoms with Gasteiger partial charge in [-0.2, -0.15) is 5.26 Å². The normalized spacial score (nSPS) is 10.3. The Balaban J connectivity index is 2.53. The second-order valence-corrected chi connectivity index (χ2v) is 4.50. The minimum Gasteiger partial charge on any atom is -0.216 e. The van der Waals surface area contributed by atoms with Crippen LogP contribution in [-0.2, 0) is 6.42 Å². The molecule has 0 amide bonds. The molecule has 0 N–H and O–H groups in total. The van der Waals surface area contributed by atoms with E-state index in [-0.39, 0.29) is 0 Å². The van der Waals surface area contributed by atoms with Crippen LogP contribution in [-0.4, -0.2) is 15.0 Å². The first-order valence-corrected chi connectivity index (χ1v) is 6.16. The highest BCUT2D eigenvalue weighted by Crippen LogP contribution is 2.21. The van der Waals surface area contributed by atoms with Gasteiger partial charge in [0.05, 0.1) is 11.4 Å². The molecular formula is C13H13ClN4. The van der Waals surface area contributed by atoms with Gasteiger partial charge in [0.2, 0.25) is 0 Å². The van der Waals surface area contributed by atoms with Crippen LogP contribution in [0.15, 0.2) is 18.2 Å². The Hall–Kier alpha value is -1.86. The number of halogens is 1. The molecule has 1 heterocycles. The first-order valence-electron chi connectivity index (χ1n) is 5.78. The molecule has 2 rings (SSSR count). The van der Waals surface area contributed by atoms with E-state index in [2.05, 4.69) is 23.3 Å². The van der Waals surface area contributed by atoms with E-state index in [9.17, 15) is 0 Å². The van der Waals surface area contributed by atoms with Crippen molar-refractivity contribution < 1.29 is 0 Å². The van der Waals surface area contributed by atoms with Crippen LogP contribution in [0.5, 0.6) is 0 Å². The number of hydrogen-bond acceptors (Lipinski definition) is 3. The van der Waals surface area contributed by atoms with Crippen LogP contribution in [0.1, 0.15) is 30.3 Å². The number of nitriles is 1. The Morgan fingerprint density at radius 2 is 2.22 bits per heavy atom. The minimum absolute atomic E-state index is 0.383. The van der Waals surface area contributed by atoms with Crippen LogP contribution in [0, 0.1) is 18.3 Å². The van der Waals surface area contributed by atoms with Crippen LogP contribution >= 0.6 is 11.6 Å². The SMILES string of the molecule is CCCc1c(C#N)nnn1-c1ccc(C)c(Cl)c1. The first kappa shape index (κ1) is 12.6. The van der Waals surface area contributed by atoms with Crippen molar-refractivity contribution in [3.63, 3.8) is 0 Å². The summed E-state index contributed by atoms with van der Waals surface area (Å²) in [5.74, 6) is 0. The molecular weight excluding hydrogens is 248 g/mol. The van der Waals surface area contributed by atoms with E-state index < -0.39 is 0 Å². The molecule has 0 saturated carbocycles. The zero-order valence-electron chi connectivity index (χ0n) is 10.3. The summed E-state index contributed by atoms with van der Waals surface area (Å²) in [7, 11) is 0. The van der Waals surface area contributed by atoms with Crippen molar-refractivity contribution in [2.75, 3.05) is 0 Å². The predicted octanol–water partition coefficient (Wildman–Crippen LogP) is 3.05. The van der Waals surface area contributed by atoms with Gasteiger partial charge >= 0.3 is 0 Å². The summed E-state index contributed by atoms with van der Waals surface area (Å²) < 4.78 is 1.69. The zero-order valence-corrected chi connectivity index (χ0v) is 11.1. The summed E-state index contributed by atoms with van der Waals surface area (Å²) in [6.45, 7) is 4.00. The van der Waals surface area contributed by atoms with Crippen LogP contribution in [0.3, 0.4) is 0 Å². The molecule has 92 valence electrons. The van der Waals surface area contributed by atoms with Crippen molar-refractivity contribution >= 4 is 11.6 Å². The molecule has 18 heavy (non-hydrogen) atoms. The molecule has 0 bridgehead atoms. The largest absolute Gasteiger partial charge is 0.216 e. The van der Waals surface area contributed by atoms with E-state index in [0.29, 0.717) is 10.7 Å². The van der Waals surface area contributed by atoms with Gasteiger partial charge in [-0.05, 0) is 31.0 Å². The summed E-state index contributed by atoms with van der Waals surface area (Å²) in [5.41, 5.74) is 3.06. The van der Waals surface area contributed by atoms with E-state index in [1.165, 1.54) is 0 Å². The van der Waals surface area contributed by atoms with Crippen LogP contribution in [0.25, 0.3) is 5.69 Å². The van der Waals surface area contributed by atoms with E-state index in [0.717, 1.165) is 29.8 Å². The van der Waals surface area contributed by atoms with Crippen LogP contribution < -0.4 is 0 Å². The molecule has 0 atom stereocenters. The maximum Gasteiger partial charge on any atom is 0.186 e. The van der Waals surface area contributed by atoms with Crippen molar-refractivity contribution in [3.8, 4) is 11.8 Å². The highest BCUT2D eigenvalue weighted by Gasteiger charge is 2.13. The fraction of sp³-hybridized carbons (Fsp3) is 0.308. The van der Waals surface area contributed by atoms with Crippen molar-refractivity contribution in [2.24, 2.45) is 0 Å². The van der Waals surface area contributed by atoms with Crippen LogP contribution in [0.2, 0.25) is 5.02 Å². The smallest absolute Gasteiger partial charge is 0.186 e. The molecule has 2 aromatic rings. The Labute approximate surface area is 111 Å². The van der Waals surface area contributed by atoms with Gasteiger partial charge in [0.15, 0.2) is 5.69 Å². The molecule has 4 nitrogen and oxygen atoms in total. The third-order valence-electron chi connectivity index (χ3n) is 2.76. The summed E-state index contributed by atoms with van der Waals surface area (Å²) in [6.07, 6.45) is 1.70. The van der Waals surface area contributed by atoms with Gasteiger partial charge in [0.25, 0.3) is 0 Å². The number of aromatic nitrogens is 3. The van der Waals surface area contributed by atoms with Gasteiger partial charge < -0.3 is 0 Å². The maximum atomic E-state index is 9.01. The maximum absolute atomic E-state index is 9.01. The highest BCUT2D eigenvalue weighted by atomic mass is 35.5. The third kappa shape index (κ3) is 2.22. The lowest BCUT2D eigenvalue weighted by Gasteiger charge is -2.07. The van der Waals surface area contributed by atoms with Gasteiger partial charge in [-0.1, -0.05) is 36.2 Å². The lowest BCUT2D eigenvalue weighted by atomic mass is 10.2. The summed E-state index contributed by atoms with van der Waals surface area (Å²) in [6, 6.07) is 7.77. The molecule has 0 aliphatic heterocycles. The molecule has 0 spiro atoms. The molecule has 1 aromatic heterocycles. The summed E-state index contributed by atoms with van der Waals surface area (Å²) >= 11 is 6.11. The van der Waals surface area contributed by atoms with E-state index in [1.54, 1.807) is 4.68 Å². The standard InChI is InChI=1S/C13H13ClN4/c1-3-4-13-12(8-15)16-17-18(13)10-6-5-9(2)11(14)7-10/h5-7H,3-4H2,1-2H3. The zero-order chi connectivity index (χ0) is 13.1. The van der Waals surface area contributed by atoms with E-state index >= 15 is 0 Å². The Morgan fingerprint density at radius 3 is 2.83 bits per heavy atom. The fourth-order valence-corrected chi connectivity index (χ4v) is 1.95. The number of benzene rings is 1. The molecule has 0 radical (unpaired) electrons. The van der Waals surface area contributed by atoms with Gasteiger partial charge in [-0.3, -0.25) is 0 Å². The van der Waals surface area contributed by atoms with Crippen molar-refractivity contribution in [2.45, 2.75) is 26.7 Å². The molecule has 5 heteroatoms. The first-order chi connectivity index (χ1) is 8.67. The molecule has 0 unspecified atom stereocenters. The average Bonchev–Trinajstić information content (AvgIpc) is 2.76. The molecule has 0 aliphatic rings. The Morgan fingerprint density at radius 1 is 1.44 bits per heavy atom. The topological polar surface area (TPSA) is 54.5 Å². The molecule has 0 aliphatic carbocycles.